The number of unbranched alkanes of at least 4 members (excludes halogenated alkanes) is 5. The highest BCUT2D eigenvalue weighted by Gasteiger charge is 1.92. The van der Waals surface area contributed by atoms with Crippen LogP contribution in [0.25, 0.3) is 0 Å². The van der Waals surface area contributed by atoms with E-state index in [-0.39, 0.29) is 0 Å². The fourth-order valence-electron chi connectivity index (χ4n) is 1.76. The van der Waals surface area contributed by atoms with Crippen LogP contribution in [0.3, 0.4) is 0 Å². The second-order valence-electron chi connectivity index (χ2n) is 4.74. The van der Waals surface area contributed by atoms with Gasteiger partial charge in [0.15, 0.2) is 0 Å². The molecule has 0 fully saturated rings. The van der Waals surface area contributed by atoms with Gasteiger partial charge >= 0.3 is 0 Å². The van der Waals surface area contributed by atoms with Crippen molar-refractivity contribution >= 4 is 0 Å². The summed E-state index contributed by atoms with van der Waals surface area (Å²) < 4.78 is 15.6. The molecule has 0 saturated carbocycles. The molecule has 4 heteroatoms. The van der Waals surface area contributed by atoms with Crippen molar-refractivity contribution in [2.45, 2.75) is 45.4 Å². The Kier molecular flexibility index (Phi) is 17.7. The highest BCUT2D eigenvalue weighted by molar-refractivity contribution is 4.49. The monoisotopic (exact) mass is 275 g/mol. The second kappa shape index (κ2) is 17.8. The van der Waals surface area contributed by atoms with Crippen LogP contribution in [0.5, 0.6) is 0 Å². The van der Waals surface area contributed by atoms with Crippen LogP contribution in [0.2, 0.25) is 0 Å². The first kappa shape index (κ1) is 18.8. The van der Waals surface area contributed by atoms with Crippen LogP contribution in [0.1, 0.15) is 45.4 Å². The predicted molar refractivity (Wildman–Crippen MR) is 79.8 cm³/mol. The molecule has 0 rings (SSSR count). The Labute approximate surface area is 119 Å². The Morgan fingerprint density at radius 1 is 0.684 bits per heavy atom. The molecule has 1 N–H and O–H groups in total. The van der Waals surface area contributed by atoms with Gasteiger partial charge in [-0.15, -0.1) is 0 Å². The van der Waals surface area contributed by atoms with Crippen molar-refractivity contribution in [3.05, 3.63) is 0 Å². The lowest BCUT2D eigenvalue weighted by molar-refractivity contribution is 0.0256. The highest BCUT2D eigenvalue weighted by atomic mass is 16.5. The molecule has 0 amide bonds. The quantitative estimate of drug-likeness (QED) is 0.440. The van der Waals surface area contributed by atoms with Crippen molar-refractivity contribution in [2.75, 3.05) is 53.2 Å². The Bertz CT molecular complexity index is 140. The lowest BCUT2D eigenvalue weighted by Gasteiger charge is -2.07. The number of hydrogen-bond acceptors (Lipinski definition) is 4. The minimum atomic E-state index is 0.649. The van der Waals surface area contributed by atoms with Crippen LogP contribution in [0.4, 0.5) is 0 Å². The molecule has 0 aromatic carbocycles. The number of methoxy groups -OCH3 is 1. The lowest BCUT2D eigenvalue weighted by atomic mass is 10.1. The summed E-state index contributed by atoms with van der Waals surface area (Å²) in [6.07, 6.45) is 8.11. The summed E-state index contributed by atoms with van der Waals surface area (Å²) in [5.41, 5.74) is 0. The molecule has 116 valence electrons. The molecule has 19 heavy (non-hydrogen) atoms. The van der Waals surface area contributed by atoms with Crippen LogP contribution in [0.15, 0.2) is 0 Å². The van der Waals surface area contributed by atoms with Gasteiger partial charge in [-0.3, -0.25) is 0 Å². The van der Waals surface area contributed by atoms with Gasteiger partial charge in [-0.25, -0.2) is 0 Å². The van der Waals surface area contributed by atoms with E-state index in [1.165, 1.54) is 38.5 Å². The molecule has 4 nitrogen and oxygen atoms in total. The number of nitrogens with one attached hydrogen (secondary N) is 1. The van der Waals surface area contributed by atoms with Crippen molar-refractivity contribution in [1.29, 1.82) is 0 Å². The molecule has 0 aliphatic carbocycles. The normalized spacial score (nSPS) is 11.1. The van der Waals surface area contributed by atoms with Crippen molar-refractivity contribution in [1.82, 2.24) is 5.32 Å². The summed E-state index contributed by atoms with van der Waals surface area (Å²) >= 11 is 0. The molecule has 0 aliphatic rings. The summed E-state index contributed by atoms with van der Waals surface area (Å²) in [4.78, 5) is 0. The van der Waals surface area contributed by atoms with Gasteiger partial charge in [0, 0.05) is 13.7 Å². The van der Waals surface area contributed by atoms with E-state index < -0.39 is 0 Å². The van der Waals surface area contributed by atoms with Gasteiger partial charge in [0.25, 0.3) is 0 Å². The van der Waals surface area contributed by atoms with E-state index in [2.05, 4.69) is 12.2 Å². The van der Waals surface area contributed by atoms with Gasteiger partial charge in [0.05, 0.1) is 33.0 Å². The molecule has 0 aromatic rings. The largest absolute Gasteiger partial charge is 0.382 e. The van der Waals surface area contributed by atoms with Gasteiger partial charge in [-0.2, -0.15) is 0 Å². The predicted octanol–water partition coefficient (Wildman–Crippen LogP) is 2.62. The first-order valence-electron chi connectivity index (χ1n) is 7.77. The summed E-state index contributed by atoms with van der Waals surface area (Å²) in [7, 11) is 1.68. The zero-order valence-corrected chi connectivity index (χ0v) is 12.9. The summed E-state index contributed by atoms with van der Waals surface area (Å²) in [5.74, 6) is 0. The Morgan fingerprint density at radius 3 is 2.05 bits per heavy atom. The van der Waals surface area contributed by atoms with Crippen LogP contribution in [0, 0.1) is 0 Å². The molecule has 0 radical (unpaired) electrons. The first-order valence-corrected chi connectivity index (χ1v) is 7.77. The highest BCUT2D eigenvalue weighted by Crippen LogP contribution is 2.03. The van der Waals surface area contributed by atoms with E-state index >= 15 is 0 Å². The van der Waals surface area contributed by atoms with Crippen LogP contribution >= 0.6 is 0 Å². The molecular formula is C15H33NO3. The molecule has 0 atom stereocenters. The molecule has 0 heterocycles. The topological polar surface area (TPSA) is 39.7 Å². The second-order valence-corrected chi connectivity index (χ2v) is 4.74. The molecular weight excluding hydrogens is 242 g/mol. The van der Waals surface area contributed by atoms with E-state index in [0.29, 0.717) is 26.4 Å². The van der Waals surface area contributed by atoms with E-state index in [1.54, 1.807) is 7.11 Å². The average Bonchev–Trinajstić information content (AvgIpc) is 2.43. The van der Waals surface area contributed by atoms with Crippen molar-refractivity contribution in [3.8, 4) is 0 Å². The standard InChI is InChI=1S/C15H33NO3/c1-3-4-5-6-7-8-9-16-10-11-18-14-15-19-13-12-17-2/h16H,3-15H2,1-2H3. The van der Waals surface area contributed by atoms with Gasteiger partial charge in [0.1, 0.15) is 0 Å². The summed E-state index contributed by atoms with van der Waals surface area (Å²) in [6.45, 7) is 7.69. The Hall–Kier alpha value is -0.160. The van der Waals surface area contributed by atoms with Crippen LogP contribution in [-0.4, -0.2) is 53.2 Å². The average molecular weight is 275 g/mol. The Balaban J connectivity index is 2.88. The number of rotatable bonds is 16. The van der Waals surface area contributed by atoms with Gasteiger partial charge in [-0.05, 0) is 13.0 Å². The summed E-state index contributed by atoms with van der Waals surface area (Å²) in [6, 6.07) is 0. The minimum absolute atomic E-state index is 0.649. The fraction of sp³-hybridized carbons (Fsp3) is 1.00. The zero-order chi connectivity index (χ0) is 14.0. The smallest absolute Gasteiger partial charge is 0.0701 e. The lowest BCUT2D eigenvalue weighted by Crippen LogP contribution is -2.21. The van der Waals surface area contributed by atoms with Gasteiger partial charge in [0.2, 0.25) is 0 Å². The molecule has 0 saturated heterocycles. The minimum Gasteiger partial charge on any atom is -0.382 e. The number of hydrogen-bond donors (Lipinski definition) is 1. The SMILES string of the molecule is CCCCCCCCNCCOCCOCCOC. The molecule has 0 aliphatic heterocycles. The molecule has 0 unspecified atom stereocenters. The third kappa shape index (κ3) is 17.8. The molecule has 0 aromatic heterocycles. The van der Waals surface area contributed by atoms with Gasteiger partial charge < -0.3 is 19.5 Å². The third-order valence-corrected chi connectivity index (χ3v) is 2.93. The number of ether oxygens (including phenoxy) is 3. The molecule has 0 spiro atoms. The maximum Gasteiger partial charge on any atom is 0.0701 e. The van der Waals surface area contributed by atoms with Gasteiger partial charge in [-0.1, -0.05) is 39.0 Å². The van der Waals surface area contributed by atoms with Crippen LogP contribution < -0.4 is 5.32 Å². The maximum atomic E-state index is 5.45. The van der Waals surface area contributed by atoms with E-state index in [0.717, 1.165) is 19.7 Å². The van der Waals surface area contributed by atoms with E-state index in [9.17, 15) is 0 Å². The fourth-order valence-corrected chi connectivity index (χ4v) is 1.76. The van der Waals surface area contributed by atoms with Crippen molar-refractivity contribution in [3.63, 3.8) is 0 Å². The molecule has 0 bridgehead atoms. The zero-order valence-electron chi connectivity index (χ0n) is 12.9. The van der Waals surface area contributed by atoms with Crippen molar-refractivity contribution in [2.24, 2.45) is 0 Å². The summed E-state index contributed by atoms with van der Waals surface area (Å²) in [5, 5.41) is 3.40. The Morgan fingerprint density at radius 2 is 1.32 bits per heavy atom. The van der Waals surface area contributed by atoms with Crippen molar-refractivity contribution < 1.29 is 14.2 Å². The van der Waals surface area contributed by atoms with E-state index in [1.807, 2.05) is 0 Å². The third-order valence-electron chi connectivity index (χ3n) is 2.93. The maximum absolute atomic E-state index is 5.45. The first-order chi connectivity index (χ1) is 9.41. The van der Waals surface area contributed by atoms with Crippen LogP contribution in [-0.2, 0) is 14.2 Å². The van der Waals surface area contributed by atoms with E-state index in [4.69, 9.17) is 14.2 Å².